The number of piperidine rings is 2. The Bertz CT molecular complexity index is 627. The summed E-state index contributed by atoms with van der Waals surface area (Å²) in [6, 6.07) is 11.5. The molecule has 3 fully saturated rings. The number of rotatable bonds is 7. The normalized spacial score (nSPS) is 24.2. The summed E-state index contributed by atoms with van der Waals surface area (Å²) in [6.45, 7) is 8.00. The molecule has 4 nitrogen and oxygen atoms in total. The molecule has 0 unspecified atom stereocenters. The fraction of sp³-hybridized carbons (Fsp3) is 0.708. The standard InChI is InChI=1S/C24H36N2O2/c1-2-28-23(27)24(18-20-8-9-20)12-16-26(17-13-24)22-10-14-25(15-11-22)19-21-6-4-3-5-7-21/h3-7,20,22H,2,8-19H2,1H3. The van der Waals surface area contributed by atoms with E-state index in [4.69, 9.17) is 4.74 Å². The molecular weight excluding hydrogens is 348 g/mol. The molecule has 4 rings (SSSR count). The van der Waals surface area contributed by atoms with Gasteiger partial charge in [-0.1, -0.05) is 43.2 Å². The number of hydrogen-bond acceptors (Lipinski definition) is 4. The number of ether oxygens (including phenoxy) is 1. The predicted molar refractivity (Wildman–Crippen MR) is 112 cm³/mol. The van der Waals surface area contributed by atoms with Crippen molar-refractivity contribution in [3.05, 3.63) is 35.9 Å². The average Bonchev–Trinajstić information content (AvgIpc) is 3.54. The van der Waals surface area contributed by atoms with Crippen LogP contribution in [0.5, 0.6) is 0 Å². The van der Waals surface area contributed by atoms with Crippen LogP contribution in [0, 0.1) is 11.3 Å². The van der Waals surface area contributed by atoms with Gasteiger partial charge in [-0.2, -0.15) is 0 Å². The lowest BCUT2D eigenvalue weighted by Crippen LogP contribution is -2.51. The molecule has 2 heterocycles. The van der Waals surface area contributed by atoms with Crippen LogP contribution < -0.4 is 0 Å². The second kappa shape index (κ2) is 8.96. The smallest absolute Gasteiger partial charge is 0.312 e. The van der Waals surface area contributed by atoms with Gasteiger partial charge in [-0.25, -0.2) is 0 Å². The van der Waals surface area contributed by atoms with Crippen LogP contribution in [0.2, 0.25) is 0 Å². The van der Waals surface area contributed by atoms with E-state index >= 15 is 0 Å². The lowest BCUT2D eigenvalue weighted by atomic mass is 9.73. The Morgan fingerprint density at radius 3 is 2.32 bits per heavy atom. The summed E-state index contributed by atoms with van der Waals surface area (Å²) < 4.78 is 5.50. The molecule has 0 amide bonds. The molecule has 2 aliphatic heterocycles. The highest BCUT2D eigenvalue weighted by molar-refractivity contribution is 5.77. The topological polar surface area (TPSA) is 32.8 Å². The third-order valence-electron chi connectivity index (χ3n) is 7.16. The minimum absolute atomic E-state index is 0.0826. The van der Waals surface area contributed by atoms with Crippen LogP contribution in [-0.4, -0.2) is 54.6 Å². The van der Waals surface area contributed by atoms with E-state index < -0.39 is 0 Å². The van der Waals surface area contributed by atoms with Crippen LogP contribution in [0.3, 0.4) is 0 Å². The fourth-order valence-corrected chi connectivity index (χ4v) is 5.25. The number of carbonyl (C=O) groups excluding carboxylic acids is 1. The van der Waals surface area contributed by atoms with Crippen molar-refractivity contribution >= 4 is 5.97 Å². The Balaban J connectivity index is 1.27. The number of esters is 1. The second-order valence-electron chi connectivity index (χ2n) is 9.18. The lowest BCUT2D eigenvalue weighted by Gasteiger charge is -2.45. The van der Waals surface area contributed by atoms with Crippen molar-refractivity contribution in [2.45, 2.75) is 64.5 Å². The zero-order chi connectivity index (χ0) is 19.4. The van der Waals surface area contributed by atoms with Crippen LogP contribution in [0.4, 0.5) is 0 Å². The van der Waals surface area contributed by atoms with Crippen LogP contribution >= 0.6 is 0 Å². The number of carbonyl (C=O) groups is 1. The minimum atomic E-state index is -0.193. The molecule has 0 spiro atoms. The van der Waals surface area contributed by atoms with E-state index in [9.17, 15) is 4.79 Å². The van der Waals surface area contributed by atoms with Gasteiger partial charge in [-0.3, -0.25) is 9.69 Å². The van der Waals surface area contributed by atoms with Crippen LogP contribution in [0.15, 0.2) is 30.3 Å². The Kier molecular flexibility index (Phi) is 6.37. The van der Waals surface area contributed by atoms with Crippen molar-refractivity contribution in [2.75, 3.05) is 32.8 Å². The van der Waals surface area contributed by atoms with Gasteiger partial charge in [0.25, 0.3) is 0 Å². The molecule has 0 atom stereocenters. The summed E-state index contributed by atoms with van der Waals surface area (Å²) in [4.78, 5) is 18.0. The maximum absolute atomic E-state index is 12.7. The van der Waals surface area contributed by atoms with Crippen molar-refractivity contribution in [3.63, 3.8) is 0 Å². The number of hydrogen-bond donors (Lipinski definition) is 0. The highest BCUT2D eigenvalue weighted by Crippen LogP contribution is 2.46. The van der Waals surface area contributed by atoms with Gasteiger partial charge in [-0.15, -0.1) is 0 Å². The zero-order valence-corrected chi connectivity index (χ0v) is 17.4. The Hall–Kier alpha value is -1.39. The quantitative estimate of drug-likeness (QED) is 0.663. The Labute approximate surface area is 170 Å². The minimum Gasteiger partial charge on any atom is -0.466 e. The summed E-state index contributed by atoms with van der Waals surface area (Å²) in [5.74, 6) is 0.858. The van der Waals surface area contributed by atoms with Gasteiger partial charge in [0.1, 0.15) is 0 Å². The first-order valence-electron chi connectivity index (χ1n) is 11.4. The number of likely N-dealkylation sites (tertiary alicyclic amines) is 2. The number of nitrogens with zero attached hydrogens (tertiary/aromatic N) is 2. The van der Waals surface area contributed by atoms with Gasteiger partial charge in [0.05, 0.1) is 12.0 Å². The van der Waals surface area contributed by atoms with Crippen molar-refractivity contribution in [2.24, 2.45) is 11.3 Å². The first kappa shape index (κ1) is 19.9. The largest absolute Gasteiger partial charge is 0.466 e. The molecular formula is C24H36N2O2. The third-order valence-corrected chi connectivity index (χ3v) is 7.16. The highest BCUT2D eigenvalue weighted by atomic mass is 16.5. The third kappa shape index (κ3) is 4.77. The fourth-order valence-electron chi connectivity index (χ4n) is 5.25. The molecule has 0 aromatic heterocycles. The molecule has 0 radical (unpaired) electrons. The summed E-state index contributed by atoms with van der Waals surface area (Å²) in [6.07, 6.45) is 8.17. The average molecular weight is 385 g/mol. The monoisotopic (exact) mass is 384 g/mol. The molecule has 4 heteroatoms. The van der Waals surface area contributed by atoms with E-state index in [1.807, 2.05) is 6.92 Å². The SMILES string of the molecule is CCOC(=O)C1(CC2CC2)CCN(C2CCN(Cc3ccccc3)CC2)CC1. The van der Waals surface area contributed by atoms with E-state index in [1.165, 1.54) is 44.3 Å². The lowest BCUT2D eigenvalue weighted by molar-refractivity contribution is -0.160. The highest BCUT2D eigenvalue weighted by Gasteiger charge is 2.46. The molecule has 154 valence electrons. The van der Waals surface area contributed by atoms with Gasteiger partial charge in [0, 0.05) is 12.6 Å². The first-order valence-corrected chi connectivity index (χ1v) is 11.4. The molecule has 28 heavy (non-hydrogen) atoms. The Morgan fingerprint density at radius 2 is 1.71 bits per heavy atom. The van der Waals surface area contributed by atoms with Crippen molar-refractivity contribution in [1.29, 1.82) is 0 Å². The predicted octanol–water partition coefficient (Wildman–Crippen LogP) is 4.10. The van der Waals surface area contributed by atoms with E-state index in [-0.39, 0.29) is 11.4 Å². The van der Waals surface area contributed by atoms with Gasteiger partial charge in [-0.05, 0) is 76.7 Å². The van der Waals surface area contributed by atoms with Gasteiger partial charge < -0.3 is 9.64 Å². The summed E-state index contributed by atoms with van der Waals surface area (Å²) >= 11 is 0. The first-order chi connectivity index (χ1) is 13.7. The Morgan fingerprint density at radius 1 is 1.04 bits per heavy atom. The van der Waals surface area contributed by atoms with E-state index in [2.05, 4.69) is 40.1 Å². The van der Waals surface area contributed by atoms with Crippen LogP contribution in [0.25, 0.3) is 0 Å². The molecule has 1 aliphatic carbocycles. The van der Waals surface area contributed by atoms with Crippen LogP contribution in [-0.2, 0) is 16.1 Å². The van der Waals surface area contributed by atoms with Gasteiger partial charge in [0.15, 0.2) is 0 Å². The molecule has 2 saturated heterocycles. The molecule has 1 aromatic carbocycles. The van der Waals surface area contributed by atoms with Crippen molar-refractivity contribution in [1.82, 2.24) is 9.80 Å². The maximum Gasteiger partial charge on any atom is 0.312 e. The zero-order valence-electron chi connectivity index (χ0n) is 17.4. The molecule has 1 saturated carbocycles. The van der Waals surface area contributed by atoms with E-state index in [0.29, 0.717) is 12.6 Å². The van der Waals surface area contributed by atoms with E-state index in [0.717, 1.165) is 44.8 Å². The van der Waals surface area contributed by atoms with E-state index in [1.54, 1.807) is 0 Å². The summed E-state index contributed by atoms with van der Waals surface area (Å²) in [5, 5.41) is 0. The molecule has 0 N–H and O–H groups in total. The second-order valence-corrected chi connectivity index (χ2v) is 9.18. The van der Waals surface area contributed by atoms with Gasteiger partial charge in [0.2, 0.25) is 0 Å². The molecule has 1 aromatic rings. The number of benzene rings is 1. The van der Waals surface area contributed by atoms with Gasteiger partial charge >= 0.3 is 5.97 Å². The molecule has 0 bridgehead atoms. The van der Waals surface area contributed by atoms with Crippen molar-refractivity contribution in [3.8, 4) is 0 Å². The maximum atomic E-state index is 12.7. The summed E-state index contributed by atoms with van der Waals surface area (Å²) in [7, 11) is 0. The molecule has 3 aliphatic rings. The van der Waals surface area contributed by atoms with Crippen LogP contribution in [0.1, 0.15) is 57.4 Å². The van der Waals surface area contributed by atoms with Crippen molar-refractivity contribution < 1.29 is 9.53 Å². The summed E-state index contributed by atoms with van der Waals surface area (Å²) in [5.41, 5.74) is 1.22.